The van der Waals surface area contributed by atoms with Gasteiger partial charge < -0.3 is 4.90 Å². The summed E-state index contributed by atoms with van der Waals surface area (Å²) in [5, 5.41) is 0. The van der Waals surface area contributed by atoms with Gasteiger partial charge in [0.05, 0.1) is 17.6 Å². The number of nitrogens with zero attached hydrogens (tertiary/aromatic N) is 3. The van der Waals surface area contributed by atoms with E-state index in [4.69, 9.17) is 0 Å². The van der Waals surface area contributed by atoms with Gasteiger partial charge in [0, 0.05) is 24.2 Å². The highest BCUT2D eigenvalue weighted by molar-refractivity contribution is 5.57. The topological polar surface area (TPSA) is 29.0 Å². The lowest BCUT2D eigenvalue weighted by Gasteiger charge is -2.29. The highest BCUT2D eigenvalue weighted by Crippen LogP contribution is 2.25. The molecule has 2 aromatic rings. The molecule has 0 saturated carbocycles. The Balaban J connectivity index is 1.81. The van der Waals surface area contributed by atoms with Gasteiger partial charge in [-0.3, -0.25) is 9.97 Å². The van der Waals surface area contributed by atoms with Crippen molar-refractivity contribution in [2.75, 3.05) is 20.1 Å². The van der Waals surface area contributed by atoms with E-state index in [0.29, 0.717) is 17.2 Å². The lowest BCUT2D eigenvalue weighted by atomic mass is 9.95. The summed E-state index contributed by atoms with van der Waals surface area (Å²) >= 11 is 0. The lowest BCUT2D eigenvalue weighted by molar-refractivity contribution is 0.248. The number of rotatable bonds is 2. The molecular formula is C16H17F2N3. The first-order valence-electron chi connectivity index (χ1n) is 7.09. The Hall–Kier alpha value is -1.88. The van der Waals surface area contributed by atoms with Crippen molar-refractivity contribution in [3.05, 3.63) is 47.9 Å². The molecule has 0 unspecified atom stereocenters. The Bertz CT molecular complexity index is 628. The van der Waals surface area contributed by atoms with Crippen LogP contribution in [0.25, 0.3) is 11.3 Å². The van der Waals surface area contributed by atoms with Gasteiger partial charge in [-0.15, -0.1) is 0 Å². The second-order valence-corrected chi connectivity index (χ2v) is 5.56. The Labute approximate surface area is 122 Å². The van der Waals surface area contributed by atoms with Crippen molar-refractivity contribution < 1.29 is 8.78 Å². The molecule has 0 amide bonds. The predicted octanol–water partition coefficient (Wildman–Crippen LogP) is 3.23. The van der Waals surface area contributed by atoms with Crippen LogP contribution in [-0.4, -0.2) is 35.0 Å². The summed E-state index contributed by atoms with van der Waals surface area (Å²) in [7, 11) is 2.11. The van der Waals surface area contributed by atoms with Crippen LogP contribution in [0, 0.1) is 11.6 Å². The van der Waals surface area contributed by atoms with Crippen molar-refractivity contribution in [1.82, 2.24) is 14.9 Å². The summed E-state index contributed by atoms with van der Waals surface area (Å²) < 4.78 is 26.2. The van der Waals surface area contributed by atoms with Crippen LogP contribution in [0.3, 0.4) is 0 Å². The second-order valence-electron chi connectivity index (χ2n) is 5.56. The van der Waals surface area contributed by atoms with E-state index in [0.717, 1.165) is 43.8 Å². The number of aromatic nitrogens is 2. The fourth-order valence-electron chi connectivity index (χ4n) is 2.76. The summed E-state index contributed by atoms with van der Waals surface area (Å²) in [5.41, 5.74) is 2.06. The van der Waals surface area contributed by atoms with Crippen LogP contribution >= 0.6 is 0 Å². The number of piperidine rings is 1. The molecule has 0 radical (unpaired) electrons. The van der Waals surface area contributed by atoms with Crippen molar-refractivity contribution in [3.63, 3.8) is 0 Å². The fourth-order valence-corrected chi connectivity index (χ4v) is 2.76. The van der Waals surface area contributed by atoms with Crippen LogP contribution in [-0.2, 0) is 0 Å². The maximum Gasteiger partial charge on any atom is 0.159 e. The minimum Gasteiger partial charge on any atom is -0.306 e. The zero-order chi connectivity index (χ0) is 14.8. The Morgan fingerprint density at radius 2 is 2.00 bits per heavy atom. The molecule has 3 rings (SSSR count). The number of benzene rings is 1. The first-order chi connectivity index (χ1) is 10.1. The Morgan fingerprint density at radius 3 is 2.67 bits per heavy atom. The third-order valence-electron chi connectivity index (χ3n) is 3.93. The number of likely N-dealkylation sites (tertiary alicyclic amines) is 1. The molecule has 0 spiro atoms. The van der Waals surface area contributed by atoms with Crippen LogP contribution in [0.15, 0.2) is 30.6 Å². The van der Waals surface area contributed by atoms with Gasteiger partial charge in [-0.25, -0.2) is 8.78 Å². The van der Waals surface area contributed by atoms with E-state index in [2.05, 4.69) is 21.9 Å². The van der Waals surface area contributed by atoms with Crippen molar-refractivity contribution in [1.29, 1.82) is 0 Å². The monoisotopic (exact) mass is 289 g/mol. The van der Waals surface area contributed by atoms with Gasteiger partial charge >= 0.3 is 0 Å². The largest absolute Gasteiger partial charge is 0.306 e. The zero-order valence-electron chi connectivity index (χ0n) is 11.9. The van der Waals surface area contributed by atoms with Crippen LogP contribution in [0.1, 0.15) is 24.5 Å². The van der Waals surface area contributed by atoms with E-state index >= 15 is 0 Å². The number of hydrogen-bond acceptors (Lipinski definition) is 3. The highest BCUT2D eigenvalue weighted by atomic mass is 19.2. The van der Waals surface area contributed by atoms with Gasteiger partial charge in [-0.1, -0.05) is 0 Å². The first-order valence-corrected chi connectivity index (χ1v) is 7.09. The number of likely N-dealkylation sites (N-methyl/N-ethyl adjacent to an activating group) is 1. The standard InChI is InChI=1S/C16H17F2N3/c1-21-6-2-3-12(10-21)16-9-19-15(8-20-16)11-4-5-13(17)14(18)7-11/h4-5,7-9,12H,2-3,6,10H2,1H3/t12-/m1/s1. The van der Waals surface area contributed by atoms with Gasteiger partial charge in [-0.05, 0) is 44.6 Å². The molecule has 1 saturated heterocycles. The number of hydrogen-bond donors (Lipinski definition) is 0. The molecular weight excluding hydrogens is 272 g/mol. The summed E-state index contributed by atoms with van der Waals surface area (Å²) in [6, 6.07) is 3.76. The maximum absolute atomic E-state index is 13.2. The van der Waals surface area contributed by atoms with Crippen molar-refractivity contribution in [2.45, 2.75) is 18.8 Å². The molecule has 0 N–H and O–H groups in total. The molecule has 21 heavy (non-hydrogen) atoms. The molecule has 110 valence electrons. The van der Waals surface area contributed by atoms with Gasteiger partial charge in [0.2, 0.25) is 0 Å². The van der Waals surface area contributed by atoms with Crippen molar-refractivity contribution in [3.8, 4) is 11.3 Å². The van der Waals surface area contributed by atoms with Crippen molar-refractivity contribution in [2.24, 2.45) is 0 Å². The average Bonchev–Trinajstić information content (AvgIpc) is 2.50. The molecule has 1 aliphatic rings. The summed E-state index contributed by atoms with van der Waals surface area (Å²) in [4.78, 5) is 11.1. The maximum atomic E-state index is 13.2. The van der Waals surface area contributed by atoms with Gasteiger partial charge in [0.15, 0.2) is 11.6 Å². The Kier molecular flexibility index (Phi) is 3.92. The fraction of sp³-hybridized carbons (Fsp3) is 0.375. The third-order valence-corrected chi connectivity index (χ3v) is 3.93. The van der Waals surface area contributed by atoms with Crippen molar-refractivity contribution >= 4 is 0 Å². The summed E-state index contributed by atoms with van der Waals surface area (Å²) in [6.07, 6.45) is 5.66. The van der Waals surface area contributed by atoms with E-state index in [1.165, 1.54) is 6.07 Å². The Morgan fingerprint density at radius 1 is 1.14 bits per heavy atom. The highest BCUT2D eigenvalue weighted by Gasteiger charge is 2.20. The van der Waals surface area contributed by atoms with E-state index in [-0.39, 0.29) is 0 Å². The van der Waals surface area contributed by atoms with E-state index in [1.54, 1.807) is 12.4 Å². The second kappa shape index (κ2) is 5.85. The van der Waals surface area contributed by atoms with Crippen LogP contribution in [0.5, 0.6) is 0 Å². The molecule has 1 aromatic heterocycles. The zero-order valence-corrected chi connectivity index (χ0v) is 11.9. The van der Waals surface area contributed by atoms with Crippen LogP contribution < -0.4 is 0 Å². The minimum atomic E-state index is -0.868. The quantitative estimate of drug-likeness (QED) is 0.850. The normalized spacial score (nSPS) is 19.7. The predicted molar refractivity (Wildman–Crippen MR) is 76.9 cm³/mol. The summed E-state index contributed by atoms with van der Waals surface area (Å²) in [6.45, 7) is 2.11. The van der Waals surface area contributed by atoms with Gasteiger partial charge in [0.1, 0.15) is 0 Å². The van der Waals surface area contributed by atoms with E-state index < -0.39 is 11.6 Å². The molecule has 2 heterocycles. The molecule has 1 aromatic carbocycles. The van der Waals surface area contributed by atoms with Crippen LogP contribution in [0.2, 0.25) is 0 Å². The molecule has 1 aliphatic heterocycles. The molecule has 0 aliphatic carbocycles. The molecule has 5 heteroatoms. The van der Waals surface area contributed by atoms with E-state index in [9.17, 15) is 8.78 Å². The lowest BCUT2D eigenvalue weighted by Crippen LogP contribution is -2.31. The smallest absolute Gasteiger partial charge is 0.159 e. The third kappa shape index (κ3) is 3.08. The van der Waals surface area contributed by atoms with Gasteiger partial charge in [-0.2, -0.15) is 0 Å². The van der Waals surface area contributed by atoms with E-state index in [1.807, 2.05) is 0 Å². The first kappa shape index (κ1) is 14.1. The van der Waals surface area contributed by atoms with Gasteiger partial charge in [0.25, 0.3) is 0 Å². The average molecular weight is 289 g/mol. The molecule has 1 atom stereocenters. The van der Waals surface area contributed by atoms with Crippen LogP contribution in [0.4, 0.5) is 8.78 Å². The molecule has 1 fully saturated rings. The minimum absolute atomic E-state index is 0.398. The molecule has 0 bridgehead atoms. The SMILES string of the molecule is CN1CCC[C@@H](c2cnc(-c3ccc(F)c(F)c3)cn2)C1. The molecule has 3 nitrogen and oxygen atoms in total. The summed E-state index contributed by atoms with van der Waals surface area (Å²) in [5.74, 6) is -1.32. The number of halogens is 2.